The summed E-state index contributed by atoms with van der Waals surface area (Å²) < 4.78 is 5.32. The number of halogens is 1. The second kappa shape index (κ2) is 7.44. The van der Waals surface area contributed by atoms with Crippen LogP contribution < -0.4 is 4.74 Å². The van der Waals surface area contributed by atoms with E-state index in [2.05, 4.69) is 15.2 Å². The smallest absolute Gasteiger partial charge is 0.232 e. The lowest BCUT2D eigenvalue weighted by molar-refractivity contribution is -0.127. The third-order valence-corrected chi connectivity index (χ3v) is 4.93. The predicted molar refractivity (Wildman–Crippen MR) is 94.5 cm³/mol. The molecule has 1 N–H and O–H groups in total. The van der Waals surface area contributed by atoms with E-state index < -0.39 is 0 Å². The number of nitrogens with one attached hydrogen (secondary N) is 1. The van der Waals surface area contributed by atoms with E-state index in [1.54, 1.807) is 30.2 Å². The van der Waals surface area contributed by atoms with Gasteiger partial charge in [0.05, 0.1) is 18.4 Å². The molecule has 1 aromatic heterocycles. The lowest BCUT2D eigenvalue weighted by Gasteiger charge is -2.15. The van der Waals surface area contributed by atoms with Crippen molar-refractivity contribution in [2.45, 2.75) is 18.0 Å². The zero-order valence-electron chi connectivity index (χ0n) is 13.6. The highest BCUT2D eigenvalue weighted by Gasteiger charge is 2.25. The van der Waals surface area contributed by atoms with Crippen molar-refractivity contribution >= 4 is 29.3 Å². The van der Waals surface area contributed by atoms with Crippen LogP contribution in [-0.2, 0) is 4.79 Å². The minimum atomic E-state index is 0.0959. The van der Waals surface area contributed by atoms with Gasteiger partial charge >= 0.3 is 0 Å². The maximum atomic E-state index is 12.1. The van der Waals surface area contributed by atoms with Crippen molar-refractivity contribution in [3.63, 3.8) is 0 Å². The molecular weight excluding hydrogens is 348 g/mol. The summed E-state index contributed by atoms with van der Waals surface area (Å²) >= 11 is 7.36. The lowest BCUT2D eigenvalue weighted by Crippen LogP contribution is -2.30. The molecule has 1 amide bonds. The van der Waals surface area contributed by atoms with Crippen LogP contribution in [0.3, 0.4) is 0 Å². The fourth-order valence-electron chi connectivity index (χ4n) is 2.32. The second-order valence-electron chi connectivity index (χ2n) is 5.82. The largest absolute Gasteiger partial charge is 0.496 e. The molecule has 2 aromatic rings. The zero-order chi connectivity index (χ0) is 17.1. The van der Waals surface area contributed by atoms with Crippen LogP contribution in [0.15, 0.2) is 23.4 Å². The van der Waals surface area contributed by atoms with Gasteiger partial charge in [-0.15, -0.1) is 5.10 Å². The molecule has 1 aromatic carbocycles. The van der Waals surface area contributed by atoms with Crippen LogP contribution in [-0.4, -0.2) is 52.4 Å². The fraction of sp³-hybridized carbons (Fsp3) is 0.438. The Kier molecular flexibility index (Phi) is 5.30. The van der Waals surface area contributed by atoms with Crippen molar-refractivity contribution in [1.82, 2.24) is 20.1 Å². The number of H-pyrrole nitrogens is 1. The van der Waals surface area contributed by atoms with E-state index in [0.717, 1.165) is 12.1 Å². The molecule has 1 aliphatic carbocycles. The molecule has 128 valence electrons. The Balaban J connectivity index is 1.63. The molecule has 0 spiro atoms. The minimum absolute atomic E-state index is 0.0959. The molecular formula is C16H19ClN4O2S. The Hall–Kier alpha value is -1.73. The number of hydrogen-bond donors (Lipinski definition) is 1. The van der Waals surface area contributed by atoms with E-state index >= 15 is 0 Å². The van der Waals surface area contributed by atoms with Gasteiger partial charge in [-0.2, -0.15) is 0 Å². The van der Waals surface area contributed by atoms with Gasteiger partial charge in [-0.25, -0.2) is 4.98 Å². The maximum Gasteiger partial charge on any atom is 0.232 e. The summed E-state index contributed by atoms with van der Waals surface area (Å²) in [5.41, 5.74) is 0.738. The Labute approximate surface area is 149 Å². The Morgan fingerprint density at radius 3 is 3.00 bits per heavy atom. The average Bonchev–Trinajstić information content (AvgIpc) is 3.26. The highest BCUT2D eigenvalue weighted by molar-refractivity contribution is 7.99. The molecule has 0 saturated heterocycles. The number of aromatic amines is 1. The van der Waals surface area contributed by atoms with Crippen molar-refractivity contribution in [2.24, 2.45) is 5.92 Å². The molecule has 24 heavy (non-hydrogen) atoms. The van der Waals surface area contributed by atoms with Crippen molar-refractivity contribution in [2.75, 3.05) is 26.5 Å². The van der Waals surface area contributed by atoms with E-state index in [9.17, 15) is 4.79 Å². The first kappa shape index (κ1) is 17.1. The molecule has 0 radical (unpaired) electrons. The topological polar surface area (TPSA) is 71.1 Å². The van der Waals surface area contributed by atoms with Gasteiger partial charge in [0.1, 0.15) is 5.75 Å². The number of benzene rings is 1. The van der Waals surface area contributed by atoms with Gasteiger partial charge in [-0.1, -0.05) is 23.4 Å². The number of carbonyl (C=O) groups excluding carboxylic acids is 1. The van der Waals surface area contributed by atoms with E-state index in [4.69, 9.17) is 16.3 Å². The number of aromatic nitrogens is 3. The number of nitrogens with zero attached hydrogens (tertiary/aromatic N) is 3. The van der Waals surface area contributed by atoms with Gasteiger partial charge in [-0.3, -0.25) is 9.89 Å². The highest BCUT2D eigenvalue weighted by atomic mass is 35.5. The molecule has 3 rings (SSSR count). The second-order valence-corrected chi connectivity index (χ2v) is 7.20. The number of amides is 1. The Bertz CT molecular complexity index is 733. The van der Waals surface area contributed by atoms with Crippen molar-refractivity contribution < 1.29 is 9.53 Å². The SMILES string of the molecule is COc1ccc(Cl)cc1-c1nc(SCC(=O)N(C)CC2CC2)n[nH]1. The highest BCUT2D eigenvalue weighted by Crippen LogP contribution is 2.31. The number of hydrogen-bond acceptors (Lipinski definition) is 5. The average molecular weight is 367 g/mol. The summed E-state index contributed by atoms with van der Waals surface area (Å²) in [4.78, 5) is 18.3. The van der Waals surface area contributed by atoms with Gasteiger partial charge in [0.15, 0.2) is 5.82 Å². The third kappa shape index (κ3) is 4.21. The number of thioether (sulfide) groups is 1. The van der Waals surface area contributed by atoms with Crippen LogP contribution in [0.5, 0.6) is 5.75 Å². The summed E-state index contributed by atoms with van der Waals surface area (Å²) in [5.74, 6) is 2.34. The summed E-state index contributed by atoms with van der Waals surface area (Å²) in [6, 6.07) is 5.30. The summed E-state index contributed by atoms with van der Waals surface area (Å²) in [6.07, 6.45) is 2.47. The van der Waals surface area contributed by atoms with Gasteiger partial charge in [0.25, 0.3) is 0 Å². The van der Waals surface area contributed by atoms with E-state index in [0.29, 0.717) is 33.4 Å². The normalized spacial score (nSPS) is 13.8. The van der Waals surface area contributed by atoms with Gasteiger partial charge in [-0.05, 0) is 37.0 Å². The molecule has 1 saturated carbocycles. The number of carbonyl (C=O) groups is 1. The van der Waals surface area contributed by atoms with Crippen LogP contribution in [0.4, 0.5) is 0 Å². The van der Waals surface area contributed by atoms with Crippen LogP contribution in [0, 0.1) is 5.92 Å². The Morgan fingerprint density at radius 1 is 1.50 bits per heavy atom. The van der Waals surface area contributed by atoms with Gasteiger partial charge < -0.3 is 9.64 Å². The van der Waals surface area contributed by atoms with Gasteiger partial charge in [0, 0.05) is 18.6 Å². The van der Waals surface area contributed by atoms with Crippen molar-refractivity contribution in [1.29, 1.82) is 0 Å². The maximum absolute atomic E-state index is 12.1. The minimum Gasteiger partial charge on any atom is -0.496 e. The number of rotatable bonds is 7. The first-order valence-corrected chi connectivity index (χ1v) is 9.06. The Morgan fingerprint density at radius 2 is 2.29 bits per heavy atom. The first-order chi connectivity index (χ1) is 11.6. The molecule has 1 aliphatic rings. The molecule has 0 bridgehead atoms. The molecule has 6 nitrogen and oxygen atoms in total. The summed E-state index contributed by atoms with van der Waals surface area (Å²) in [6.45, 7) is 0.846. The van der Waals surface area contributed by atoms with E-state index in [1.165, 1.54) is 24.6 Å². The molecule has 0 aliphatic heterocycles. The zero-order valence-corrected chi connectivity index (χ0v) is 15.2. The first-order valence-electron chi connectivity index (χ1n) is 7.70. The summed E-state index contributed by atoms with van der Waals surface area (Å²) in [5, 5.41) is 8.15. The van der Waals surface area contributed by atoms with Crippen LogP contribution in [0.2, 0.25) is 5.02 Å². The van der Waals surface area contributed by atoms with Crippen molar-refractivity contribution in [3.8, 4) is 17.1 Å². The quantitative estimate of drug-likeness (QED) is 0.762. The molecule has 1 heterocycles. The standard InChI is InChI=1S/C16H19ClN4O2S/c1-21(8-10-3-4-10)14(22)9-24-16-18-15(19-20-16)12-7-11(17)5-6-13(12)23-2/h5-7,10H,3-4,8-9H2,1-2H3,(H,18,19,20). The predicted octanol–water partition coefficient (Wildman–Crippen LogP) is 3.09. The van der Waals surface area contributed by atoms with Crippen LogP contribution in [0.25, 0.3) is 11.4 Å². The number of ether oxygens (including phenoxy) is 1. The van der Waals surface area contributed by atoms with Crippen molar-refractivity contribution in [3.05, 3.63) is 23.2 Å². The van der Waals surface area contributed by atoms with E-state index in [-0.39, 0.29) is 5.91 Å². The molecule has 1 fully saturated rings. The third-order valence-electron chi connectivity index (χ3n) is 3.86. The molecule has 0 atom stereocenters. The summed E-state index contributed by atoms with van der Waals surface area (Å²) in [7, 11) is 3.44. The van der Waals surface area contributed by atoms with Gasteiger partial charge in [0.2, 0.25) is 11.1 Å². The fourth-order valence-corrected chi connectivity index (χ4v) is 3.23. The van der Waals surface area contributed by atoms with Crippen LogP contribution >= 0.6 is 23.4 Å². The molecule has 0 unspecified atom stereocenters. The lowest BCUT2D eigenvalue weighted by atomic mass is 10.2. The van der Waals surface area contributed by atoms with E-state index in [1.807, 2.05) is 7.05 Å². The monoisotopic (exact) mass is 366 g/mol. The number of methoxy groups -OCH3 is 1. The van der Waals surface area contributed by atoms with Crippen LogP contribution in [0.1, 0.15) is 12.8 Å². The molecule has 8 heteroatoms.